The highest BCUT2D eigenvalue weighted by Gasteiger charge is 2.12. The molecule has 82 valence electrons. The van der Waals surface area contributed by atoms with Gasteiger partial charge in [-0.1, -0.05) is 60.7 Å². The molecule has 0 bridgehead atoms. The Morgan fingerprint density at radius 2 is 1.44 bits per heavy atom. The molecule has 0 saturated heterocycles. The zero-order valence-electron chi connectivity index (χ0n) is 9.64. The number of hydrogen-bond acceptors (Lipinski definition) is 0. The largest absolute Gasteiger partial charge is 0.342 e. The Balaban J connectivity index is 2.13. The number of nitrogens with two attached hydrogens (primary N) is 1. The number of likely N-dealkylation sites (N-methyl/N-ethyl adjacent to an activating group) is 1. The molecule has 0 radical (unpaired) electrons. The molecule has 0 aliphatic heterocycles. The molecule has 2 N–H and O–H groups in total. The summed E-state index contributed by atoms with van der Waals surface area (Å²) in [5.74, 6) is 0. The van der Waals surface area contributed by atoms with Crippen molar-refractivity contribution < 1.29 is 5.32 Å². The third-order valence-corrected chi connectivity index (χ3v) is 2.93. The van der Waals surface area contributed by atoms with Crippen LogP contribution in [0.25, 0.3) is 0 Å². The maximum Gasteiger partial charge on any atom is 0.115 e. The van der Waals surface area contributed by atoms with Crippen molar-refractivity contribution in [3.05, 3.63) is 71.8 Å². The Labute approximate surface area is 97.1 Å². The Morgan fingerprint density at radius 1 is 0.875 bits per heavy atom. The second-order valence-corrected chi connectivity index (χ2v) is 4.04. The van der Waals surface area contributed by atoms with Crippen LogP contribution in [0.4, 0.5) is 0 Å². The fraction of sp³-hybridized carbons (Fsp3) is 0.200. The van der Waals surface area contributed by atoms with Gasteiger partial charge in [-0.2, -0.15) is 0 Å². The van der Waals surface area contributed by atoms with E-state index in [1.165, 1.54) is 11.1 Å². The van der Waals surface area contributed by atoms with E-state index in [9.17, 15) is 0 Å². The number of quaternary nitrogens is 1. The van der Waals surface area contributed by atoms with Gasteiger partial charge in [0.1, 0.15) is 6.04 Å². The van der Waals surface area contributed by atoms with Crippen molar-refractivity contribution in [2.24, 2.45) is 0 Å². The van der Waals surface area contributed by atoms with Crippen LogP contribution >= 0.6 is 0 Å². The van der Waals surface area contributed by atoms with E-state index in [4.69, 9.17) is 0 Å². The predicted octanol–water partition coefficient (Wildman–Crippen LogP) is 2.16. The molecule has 2 rings (SSSR count). The van der Waals surface area contributed by atoms with Crippen molar-refractivity contribution in [2.45, 2.75) is 12.5 Å². The van der Waals surface area contributed by atoms with Gasteiger partial charge in [-0.3, -0.25) is 0 Å². The highest BCUT2D eigenvalue weighted by Crippen LogP contribution is 2.14. The average molecular weight is 212 g/mol. The molecule has 0 aliphatic carbocycles. The zero-order chi connectivity index (χ0) is 11.2. The van der Waals surface area contributed by atoms with E-state index in [1.54, 1.807) is 0 Å². The van der Waals surface area contributed by atoms with E-state index in [0.29, 0.717) is 6.04 Å². The minimum absolute atomic E-state index is 0.517. The summed E-state index contributed by atoms with van der Waals surface area (Å²) >= 11 is 0. The molecule has 1 heteroatoms. The summed E-state index contributed by atoms with van der Waals surface area (Å²) in [6.07, 6.45) is 1.08. The van der Waals surface area contributed by atoms with Crippen LogP contribution < -0.4 is 5.32 Å². The van der Waals surface area contributed by atoms with Crippen LogP contribution in [0.15, 0.2) is 60.7 Å². The first-order chi connectivity index (χ1) is 7.90. The van der Waals surface area contributed by atoms with Crippen LogP contribution in [-0.2, 0) is 6.42 Å². The van der Waals surface area contributed by atoms with Crippen molar-refractivity contribution >= 4 is 0 Å². The summed E-state index contributed by atoms with van der Waals surface area (Å²) in [6, 6.07) is 21.9. The minimum atomic E-state index is 0.517. The molecule has 2 aromatic rings. The van der Waals surface area contributed by atoms with Crippen molar-refractivity contribution in [3.63, 3.8) is 0 Å². The average Bonchev–Trinajstić information content (AvgIpc) is 2.38. The first-order valence-electron chi connectivity index (χ1n) is 5.78. The normalized spacial score (nSPS) is 12.3. The molecule has 0 aromatic heterocycles. The third-order valence-electron chi connectivity index (χ3n) is 2.93. The van der Waals surface area contributed by atoms with Crippen molar-refractivity contribution in [1.29, 1.82) is 0 Å². The Bertz CT molecular complexity index is 408. The molecule has 2 aromatic carbocycles. The fourth-order valence-corrected chi connectivity index (χ4v) is 2.00. The van der Waals surface area contributed by atoms with E-state index in [-0.39, 0.29) is 0 Å². The Hall–Kier alpha value is -1.60. The summed E-state index contributed by atoms with van der Waals surface area (Å²) in [4.78, 5) is 0. The van der Waals surface area contributed by atoms with Gasteiger partial charge in [-0.25, -0.2) is 0 Å². The molecule has 0 aliphatic rings. The number of hydrogen-bond donors (Lipinski definition) is 1. The monoisotopic (exact) mass is 212 g/mol. The minimum Gasteiger partial charge on any atom is -0.342 e. The zero-order valence-corrected chi connectivity index (χ0v) is 9.64. The molecule has 16 heavy (non-hydrogen) atoms. The second kappa shape index (κ2) is 5.47. The van der Waals surface area contributed by atoms with Gasteiger partial charge in [0.05, 0.1) is 7.05 Å². The summed E-state index contributed by atoms with van der Waals surface area (Å²) in [5.41, 5.74) is 2.79. The Morgan fingerprint density at radius 3 is 2.00 bits per heavy atom. The molecule has 0 fully saturated rings. The van der Waals surface area contributed by atoms with Crippen molar-refractivity contribution in [3.8, 4) is 0 Å². The SMILES string of the molecule is C[NH2+][C@H](Cc1ccccc1)c1ccccc1. The molecule has 0 heterocycles. The van der Waals surface area contributed by atoms with Crippen molar-refractivity contribution in [1.82, 2.24) is 0 Å². The lowest BCUT2D eigenvalue weighted by Crippen LogP contribution is -2.81. The van der Waals surface area contributed by atoms with Gasteiger partial charge in [-0.05, 0) is 5.56 Å². The third kappa shape index (κ3) is 2.71. The predicted molar refractivity (Wildman–Crippen MR) is 67.2 cm³/mol. The highest BCUT2D eigenvalue weighted by atomic mass is 14.9. The molecule has 1 nitrogen and oxygen atoms in total. The van der Waals surface area contributed by atoms with E-state index >= 15 is 0 Å². The molecular formula is C15H18N+. The summed E-state index contributed by atoms with van der Waals surface area (Å²) in [6.45, 7) is 0. The van der Waals surface area contributed by atoms with Gasteiger partial charge in [-0.15, -0.1) is 0 Å². The van der Waals surface area contributed by atoms with Gasteiger partial charge < -0.3 is 5.32 Å². The van der Waals surface area contributed by atoms with Crippen LogP contribution in [0.3, 0.4) is 0 Å². The molecular weight excluding hydrogens is 194 g/mol. The molecule has 0 unspecified atom stereocenters. The van der Waals surface area contributed by atoms with E-state index in [0.717, 1.165) is 6.42 Å². The smallest absolute Gasteiger partial charge is 0.115 e. The molecule has 1 atom stereocenters. The quantitative estimate of drug-likeness (QED) is 0.800. The van der Waals surface area contributed by atoms with Crippen LogP contribution in [0.1, 0.15) is 17.2 Å². The first kappa shape index (κ1) is 10.9. The lowest BCUT2D eigenvalue weighted by atomic mass is 9.99. The summed E-state index contributed by atoms with van der Waals surface area (Å²) in [7, 11) is 2.14. The molecule has 0 spiro atoms. The first-order valence-corrected chi connectivity index (χ1v) is 5.78. The van der Waals surface area contributed by atoms with Crippen LogP contribution in [0.2, 0.25) is 0 Å². The topological polar surface area (TPSA) is 16.6 Å². The van der Waals surface area contributed by atoms with Gasteiger partial charge in [0, 0.05) is 12.0 Å². The highest BCUT2D eigenvalue weighted by molar-refractivity contribution is 5.21. The van der Waals surface area contributed by atoms with Gasteiger partial charge in [0.15, 0.2) is 0 Å². The second-order valence-electron chi connectivity index (χ2n) is 4.04. The lowest BCUT2D eigenvalue weighted by molar-refractivity contribution is -0.670. The van der Waals surface area contributed by atoms with Crippen LogP contribution in [-0.4, -0.2) is 7.05 Å². The van der Waals surface area contributed by atoms with E-state index in [1.807, 2.05) is 0 Å². The number of rotatable bonds is 4. The standard InChI is InChI=1S/C15H17N/c1-16-15(14-10-6-3-7-11-14)12-13-8-4-2-5-9-13/h2-11,15-16H,12H2,1H3/p+1/t15-/m1/s1. The van der Waals surface area contributed by atoms with Crippen LogP contribution in [0.5, 0.6) is 0 Å². The summed E-state index contributed by atoms with van der Waals surface area (Å²) in [5, 5.41) is 2.28. The van der Waals surface area contributed by atoms with Crippen LogP contribution in [0, 0.1) is 0 Å². The van der Waals surface area contributed by atoms with E-state index in [2.05, 4.69) is 73.0 Å². The van der Waals surface area contributed by atoms with Gasteiger partial charge in [0.2, 0.25) is 0 Å². The fourth-order valence-electron chi connectivity index (χ4n) is 2.00. The van der Waals surface area contributed by atoms with Gasteiger partial charge >= 0.3 is 0 Å². The lowest BCUT2D eigenvalue weighted by Gasteiger charge is -2.13. The van der Waals surface area contributed by atoms with Crippen molar-refractivity contribution in [2.75, 3.05) is 7.05 Å². The maximum absolute atomic E-state index is 2.28. The summed E-state index contributed by atoms with van der Waals surface area (Å²) < 4.78 is 0. The molecule has 0 saturated carbocycles. The number of benzene rings is 2. The van der Waals surface area contributed by atoms with E-state index < -0.39 is 0 Å². The molecule has 0 amide bonds. The van der Waals surface area contributed by atoms with Gasteiger partial charge in [0.25, 0.3) is 0 Å². The Kier molecular flexibility index (Phi) is 3.73. The maximum atomic E-state index is 2.28.